The highest BCUT2D eigenvalue weighted by molar-refractivity contribution is 5.92. The summed E-state index contributed by atoms with van der Waals surface area (Å²) in [7, 11) is 0. The Morgan fingerprint density at radius 1 is 1.22 bits per heavy atom. The molecule has 128 valence electrons. The third-order valence-corrected chi connectivity index (χ3v) is 4.63. The highest BCUT2D eigenvalue weighted by atomic mass is 35.5. The molecule has 2 aliphatic rings. The number of anilines is 1. The van der Waals surface area contributed by atoms with Crippen molar-refractivity contribution >= 4 is 24.0 Å². The fourth-order valence-corrected chi connectivity index (χ4v) is 3.05. The van der Waals surface area contributed by atoms with Crippen LogP contribution in [0.25, 0.3) is 0 Å². The Balaban J connectivity index is 0.00000192. The molecular weight excluding hydrogens is 319 g/mol. The molecule has 2 unspecified atom stereocenters. The summed E-state index contributed by atoms with van der Waals surface area (Å²) in [5.74, 6) is -0.299. The second-order valence-electron chi connectivity index (χ2n) is 6.43. The van der Waals surface area contributed by atoms with Crippen LogP contribution < -0.4 is 15.8 Å². The van der Waals surface area contributed by atoms with E-state index in [9.17, 15) is 9.18 Å². The van der Waals surface area contributed by atoms with E-state index >= 15 is 0 Å². The lowest BCUT2D eigenvalue weighted by atomic mass is 9.85. The van der Waals surface area contributed by atoms with Crippen molar-refractivity contribution in [2.75, 3.05) is 5.32 Å². The molecule has 0 heterocycles. The van der Waals surface area contributed by atoms with Gasteiger partial charge in [-0.2, -0.15) is 0 Å². The van der Waals surface area contributed by atoms with Crippen molar-refractivity contribution in [3.63, 3.8) is 0 Å². The van der Waals surface area contributed by atoms with Crippen molar-refractivity contribution in [3.8, 4) is 5.75 Å². The Bertz CT molecular complexity index is 551. The van der Waals surface area contributed by atoms with Crippen LogP contribution in [0.3, 0.4) is 0 Å². The van der Waals surface area contributed by atoms with Gasteiger partial charge in [-0.1, -0.05) is 6.42 Å². The maximum atomic E-state index is 14.0. The van der Waals surface area contributed by atoms with Crippen molar-refractivity contribution in [3.05, 3.63) is 24.0 Å². The number of hydrogen-bond acceptors (Lipinski definition) is 3. The lowest BCUT2D eigenvalue weighted by molar-refractivity contribution is -0.120. The van der Waals surface area contributed by atoms with Crippen LogP contribution in [0.1, 0.15) is 44.9 Å². The average molecular weight is 343 g/mol. The third-order valence-electron chi connectivity index (χ3n) is 4.63. The molecule has 0 saturated heterocycles. The van der Waals surface area contributed by atoms with E-state index in [4.69, 9.17) is 10.5 Å². The Hall–Kier alpha value is -1.33. The molecule has 1 aromatic rings. The predicted molar refractivity (Wildman–Crippen MR) is 90.5 cm³/mol. The largest absolute Gasteiger partial charge is 0.487 e. The molecular formula is C17H24ClFN2O2. The number of nitrogens with one attached hydrogen (secondary N) is 1. The van der Waals surface area contributed by atoms with Crippen LogP contribution in [-0.2, 0) is 4.79 Å². The molecule has 4 nitrogen and oxygen atoms in total. The van der Waals surface area contributed by atoms with E-state index in [1.807, 2.05) is 0 Å². The average Bonchev–Trinajstić information content (AvgIpc) is 2.44. The Morgan fingerprint density at radius 3 is 2.57 bits per heavy atom. The zero-order valence-corrected chi connectivity index (χ0v) is 13.9. The fraction of sp³-hybridized carbons (Fsp3) is 0.588. The molecule has 6 heteroatoms. The van der Waals surface area contributed by atoms with Gasteiger partial charge in [-0.15, -0.1) is 12.4 Å². The molecule has 0 bridgehead atoms. The molecule has 2 aliphatic carbocycles. The van der Waals surface area contributed by atoms with Gasteiger partial charge in [0.2, 0.25) is 5.91 Å². The van der Waals surface area contributed by atoms with Crippen molar-refractivity contribution in [1.29, 1.82) is 0 Å². The van der Waals surface area contributed by atoms with E-state index < -0.39 is 5.82 Å². The molecule has 0 aliphatic heterocycles. The van der Waals surface area contributed by atoms with Gasteiger partial charge >= 0.3 is 0 Å². The SMILES string of the molecule is Cl.NC1CCCC(C(=O)Nc2ccc(OC3CCC3)c(F)c2)C1. The standard InChI is InChI=1S/C17H23FN2O2.ClH/c18-15-10-13(7-8-16(15)22-14-5-2-6-14)20-17(21)11-3-1-4-12(19)9-11;/h7-8,10-12,14H,1-6,9,19H2,(H,20,21);1H. The summed E-state index contributed by atoms with van der Waals surface area (Å²) in [5, 5.41) is 2.79. The molecule has 3 rings (SSSR count). The van der Waals surface area contributed by atoms with E-state index in [0.717, 1.165) is 38.5 Å². The lowest BCUT2D eigenvalue weighted by Gasteiger charge is -2.27. The van der Waals surface area contributed by atoms with Gasteiger partial charge in [0.25, 0.3) is 0 Å². The van der Waals surface area contributed by atoms with Crippen molar-refractivity contribution < 1.29 is 13.9 Å². The van der Waals surface area contributed by atoms with E-state index in [-0.39, 0.29) is 42.1 Å². The first-order valence-electron chi connectivity index (χ1n) is 8.14. The predicted octanol–water partition coefficient (Wildman–Crippen LogP) is 3.63. The number of carbonyl (C=O) groups excluding carboxylic acids is 1. The quantitative estimate of drug-likeness (QED) is 0.878. The van der Waals surface area contributed by atoms with Gasteiger partial charge in [0.05, 0.1) is 6.10 Å². The first-order chi connectivity index (χ1) is 10.6. The number of ether oxygens (including phenoxy) is 1. The van der Waals surface area contributed by atoms with Gasteiger partial charge in [-0.05, 0) is 50.7 Å². The van der Waals surface area contributed by atoms with Crippen LogP contribution >= 0.6 is 12.4 Å². The van der Waals surface area contributed by atoms with Crippen LogP contribution in [0.5, 0.6) is 5.75 Å². The molecule has 2 atom stereocenters. The molecule has 2 saturated carbocycles. The summed E-state index contributed by atoms with van der Waals surface area (Å²) in [4.78, 5) is 12.2. The summed E-state index contributed by atoms with van der Waals surface area (Å²) in [5.41, 5.74) is 6.38. The Kier molecular flexibility index (Phi) is 6.25. The van der Waals surface area contributed by atoms with Crippen LogP contribution in [0, 0.1) is 11.7 Å². The number of amides is 1. The van der Waals surface area contributed by atoms with E-state index in [0.29, 0.717) is 12.1 Å². The summed E-state index contributed by atoms with van der Waals surface area (Å²) < 4.78 is 19.6. The summed E-state index contributed by atoms with van der Waals surface area (Å²) in [6.07, 6.45) is 6.76. The van der Waals surface area contributed by atoms with Crippen LogP contribution in [0.15, 0.2) is 18.2 Å². The number of carbonyl (C=O) groups is 1. The number of hydrogen-bond donors (Lipinski definition) is 2. The minimum Gasteiger partial charge on any atom is -0.487 e. The first-order valence-corrected chi connectivity index (χ1v) is 8.14. The van der Waals surface area contributed by atoms with E-state index in [2.05, 4.69) is 5.32 Å². The molecule has 2 fully saturated rings. The van der Waals surface area contributed by atoms with E-state index in [1.165, 1.54) is 6.07 Å². The zero-order valence-electron chi connectivity index (χ0n) is 13.1. The zero-order chi connectivity index (χ0) is 15.5. The number of nitrogens with two attached hydrogens (primary N) is 1. The second-order valence-corrected chi connectivity index (χ2v) is 6.43. The highest BCUT2D eigenvalue weighted by Gasteiger charge is 2.25. The van der Waals surface area contributed by atoms with Crippen LogP contribution in [-0.4, -0.2) is 18.1 Å². The smallest absolute Gasteiger partial charge is 0.227 e. The maximum Gasteiger partial charge on any atom is 0.227 e. The summed E-state index contributed by atoms with van der Waals surface area (Å²) >= 11 is 0. The highest BCUT2D eigenvalue weighted by Crippen LogP contribution is 2.29. The van der Waals surface area contributed by atoms with Gasteiger partial charge < -0.3 is 15.8 Å². The first kappa shape index (κ1) is 18.0. The Morgan fingerprint density at radius 2 is 1.96 bits per heavy atom. The molecule has 0 spiro atoms. The van der Waals surface area contributed by atoms with Gasteiger partial charge in [-0.25, -0.2) is 4.39 Å². The number of rotatable bonds is 4. The molecule has 23 heavy (non-hydrogen) atoms. The second kappa shape index (κ2) is 7.97. The summed E-state index contributed by atoms with van der Waals surface area (Å²) in [6, 6.07) is 4.71. The van der Waals surface area contributed by atoms with E-state index in [1.54, 1.807) is 12.1 Å². The topological polar surface area (TPSA) is 64.4 Å². The molecule has 1 amide bonds. The third kappa shape index (κ3) is 4.58. The van der Waals surface area contributed by atoms with Crippen molar-refractivity contribution in [1.82, 2.24) is 0 Å². The minimum atomic E-state index is -0.426. The van der Waals surface area contributed by atoms with Crippen molar-refractivity contribution in [2.24, 2.45) is 11.7 Å². The number of benzene rings is 1. The van der Waals surface area contributed by atoms with Gasteiger partial charge in [-0.3, -0.25) is 4.79 Å². The van der Waals surface area contributed by atoms with Gasteiger partial charge in [0.1, 0.15) is 0 Å². The normalized spacial score (nSPS) is 24.3. The summed E-state index contributed by atoms with van der Waals surface area (Å²) in [6.45, 7) is 0. The monoisotopic (exact) mass is 342 g/mol. The lowest BCUT2D eigenvalue weighted by Crippen LogP contribution is -2.34. The maximum absolute atomic E-state index is 14.0. The molecule has 3 N–H and O–H groups in total. The van der Waals surface area contributed by atoms with Gasteiger partial charge in [0.15, 0.2) is 11.6 Å². The Labute approximate surface area is 142 Å². The molecule has 0 aromatic heterocycles. The van der Waals surface area contributed by atoms with Crippen LogP contribution in [0.2, 0.25) is 0 Å². The van der Waals surface area contributed by atoms with Crippen LogP contribution in [0.4, 0.5) is 10.1 Å². The molecule has 0 radical (unpaired) electrons. The van der Waals surface area contributed by atoms with Crippen molar-refractivity contribution in [2.45, 2.75) is 57.1 Å². The fourth-order valence-electron chi connectivity index (χ4n) is 3.05. The number of halogens is 2. The molecule has 1 aromatic carbocycles. The minimum absolute atomic E-state index is 0. The van der Waals surface area contributed by atoms with Gasteiger partial charge in [0, 0.05) is 23.7 Å².